The van der Waals surface area contributed by atoms with Gasteiger partial charge in [0.25, 0.3) is 0 Å². The number of amides is 2. The highest BCUT2D eigenvalue weighted by Gasteiger charge is 2.17. The first kappa shape index (κ1) is 38.7. The number of nitrogens with two attached hydrogens (primary N) is 2. The molecule has 2 heterocycles. The lowest BCUT2D eigenvalue weighted by molar-refractivity contribution is -0.122. The second-order valence-electron chi connectivity index (χ2n) is 8.27. The number of piperidine rings is 1. The van der Waals surface area contributed by atoms with Crippen LogP contribution < -0.4 is 22.1 Å². The van der Waals surface area contributed by atoms with E-state index in [1.54, 1.807) is 6.20 Å². The summed E-state index contributed by atoms with van der Waals surface area (Å²) in [6.07, 6.45) is 5.57. The van der Waals surface area contributed by atoms with E-state index in [9.17, 15) is 9.59 Å². The molecule has 2 aliphatic rings. The molecule has 1 saturated heterocycles. The molecule has 0 aliphatic carbocycles. The Labute approximate surface area is 239 Å². The SMILES string of the molecule is Cc1ccccc1.Cc1ccccc1.NC(=O)C1=CNCCC1.NC(=O)[C@@H]1CCCNC1.O=S(=O)=O.O=S([O-])O. The van der Waals surface area contributed by atoms with E-state index >= 15 is 0 Å². The Morgan fingerprint density at radius 3 is 1.52 bits per heavy atom. The van der Waals surface area contributed by atoms with Crippen molar-refractivity contribution in [3.63, 3.8) is 0 Å². The smallest absolute Gasteiger partial charge is 0.425 e. The minimum Gasteiger partial charge on any atom is -0.750 e. The Morgan fingerprint density at radius 1 is 0.875 bits per heavy atom. The van der Waals surface area contributed by atoms with Crippen LogP contribution >= 0.6 is 0 Å². The van der Waals surface area contributed by atoms with Gasteiger partial charge in [-0.05, 0) is 46.1 Å². The zero-order valence-electron chi connectivity index (χ0n) is 22.7. The quantitative estimate of drug-likeness (QED) is 0.313. The molecule has 12 nitrogen and oxygen atoms in total. The number of hydrogen-bond donors (Lipinski definition) is 5. The Morgan fingerprint density at radius 2 is 1.32 bits per heavy atom. The molecule has 0 radical (unpaired) electrons. The van der Waals surface area contributed by atoms with Crippen LogP contribution in [0.3, 0.4) is 0 Å². The molecule has 7 N–H and O–H groups in total. The van der Waals surface area contributed by atoms with Crippen molar-refractivity contribution in [2.24, 2.45) is 17.4 Å². The first-order valence-electron chi connectivity index (χ1n) is 12.2. The average Bonchev–Trinajstić information content (AvgIpc) is 2.91. The zero-order chi connectivity index (χ0) is 30.8. The summed E-state index contributed by atoms with van der Waals surface area (Å²) >= 11 is -2.86. The standard InChI is InChI=1S/2C7H8.C6H12N2O.C6H10N2O.H2O3S.O3S/c2*1-7-5-3-2-4-6-7;2*7-6(9)5-2-1-3-8-4-5;2*1-4(2)3/h2*2-6H,1H3;5,8H,1-4H2,(H2,7,9);4,8H,1-3H2,(H2,7,9);(H2,1,2,3);/p-1/t;;5-;;;/m..1.../s1. The first-order valence-corrected chi connectivity index (χ1v) is 14.2. The normalized spacial score (nSPS) is 15.5. The summed E-state index contributed by atoms with van der Waals surface area (Å²) in [5.74, 6) is -0.386. The molecule has 1 fully saturated rings. The van der Waals surface area contributed by atoms with Crippen LogP contribution in [0.2, 0.25) is 0 Å². The van der Waals surface area contributed by atoms with Crippen molar-refractivity contribution in [1.82, 2.24) is 10.6 Å². The monoisotopic (exact) mass is 599 g/mol. The zero-order valence-corrected chi connectivity index (χ0v) is 24.3. The summed E-state index contributed by atoms with van der Waals surface area (Å²) in [6, 6.07) is 20.5. The molecule has 14 heteroatoms. The molecule has 0 bridgehead atoms. The highest BCUT2D eigenvalue weighted by Crippen LogP contribution is 2.08. The number of nitrogens with one attached hydrogen (secondary N) is 2. The Bertz CT molecular complexity index is 1060. The predicted molar refractivity (Wildman–Crippen MR) is 153 cm³/mol. The van der Waals surface area contributed by atoms with Crippen LogP contribution in [0.5, 0.6) is 0 Å². The molecule has 224 valence electrons. The van der Waals surface area contributed by atoms with Gasteiger partial charge in [0.15, 0.2) is 0 Å². The van der Waals surface area contributed by atoms with Crippen LogP contribution in [0.15, 0.2) is 72.4 Å². The molecular formula is C26H39N4O8S2-. The first-order chi connectivity index (χ1) is 18.9. The maximum atomic E-state index is 10.5. The number of benzene rings is 2. The maximum Gasteiger partial charge on any atom is 0.425 e. The number of carbonyl (C=O) groups excluding carboxylic acids is 2. The highest BCUT2D eigenvalue weighted by molar-refractivity contribution is 7.73. The Kier molecular flexibility index (Phi) is 25.0. The van der Waals surface area contributed by atoms with Crippen molar-refractivity contribution in [3.05, 3.63) is 83.6 Å². The largest absolute Gasteiger partial charge is 0.750 e. The number of hydrogen-bond acceptors (Lipinski definition) is 9. The molecule has 2 amide bonds. The van der Waals surface area contributed by atoms with Gasteiger partial charge >= 0.3 is 10.6 Å². The van der Waals surface area contributed by atoms with Gasteiger partial charge in [-0.2, -0.15) is 0 Å². The van der Waals surface area contributed by atoms with Gasteiger partial charge in [-0.1, -0.05) is 71.8 Å². The molecule has 4 rings (SSSR count). The number of primary amides is 2. The van der Waals surface area contributed by atoms with Crippen LogP contribution in [0, 0.1) is 19.8 Å². The van der Waals surface area contributed by atoms with Crippen LogP contribution in [0.25, 0.3) is 0 Å². The van der Waals surface area contributed by atoms with Crippen LogP contribution in [0.4, 0.5) is 0 Å². The second-order valence-corrected chi connectivity index (χ2v) is 9.11. The highest BCUT2D eigenvalue weighted by atomic mass is 32.2. The van der Waals surface area contributed by atoms with Gasteiger partial charge in [-0.15, -0.1) is 12.6 Å². The summed E-state index contributed by atoms with van der Waals surface area (Å²) < 4.78 is 49.4. The summed E-state index contributed by atoms with van der Waals surface area (Å²) in [4.78, 5) is 21.0. The van der Waals surface area contributed by atoms with Crippen molar-refractivity contribution in [1.29, 1.82) is 0 Å². The summed E-state index contributed by atoms with van der Waals surface area (Å²) in [5, 5.41) is 6.07. The third-order valence-corrected chi connectivity index (χ3v) is 4.94. The Balaban J connectivity index is 0. The predicted octanol–water partition coefficient (Wildman–Crippen LogP) is 1.53. The minimum absolute atomic E-state index is 0.0822. The van der Waals surface area contributed by atoms with Crippen molar-refractivity contribution in [2.75, 3.05) is 19.6 Å². The van der Waals surface area contributed by atoms with E-state index in [1.165, 1.54) is 11.1 Å². The van der Waals surface area contributed by atoms with Gasteiger partial charge < -0.3 is 31.2 Å². The number of aryl methyl sites for hydroxylation is 2. The van der Waals surface area contributed by atoms with E-state index in [0.29, 0.717) is 5.57 Å². The van der Waals surface area contributed by atoms with Gasteiger partial charge in [0.05, 0.1) is 17.3 Å². The van der Waals surface area contributed by atoms with Crippen LogP contribution in [-0.4, -0.2) is 57.4 Å². The fourth-order valence-corrected chi connectivity index (χ4v) is 3.01. The lowest BCUT2D eigenvalue weighted by Crippen LogP contribution is -2.37. The number of carbonyl (C=O) groups is 2. The molecule has 2 aromatic carbocycles. The third kappa shape index (κ3) is 29.1. The molecule has 0 aromatic heterocycles. The van der Waals surface area contributed by atoms with Crippen molar-refractivity contribution >= 4 is 33.8 Å². The lowest BCUT2D eigenvalue weighted by Gasteiger charge is -2.18. The van der Waals surface area contributed by atoms with E-state index in [-0.39, 0.29) is 17.7 Å². The summed E-state index contributed by atoms with van der Waals surface area (Å²) in [6.45, 7) is 6.93. The molecule has 2 aromatic rings. The van der Waals surface area contributed by atoms with E-state index in [4.69, 9.17) is 37.4 Å². The van der Waals surface area contributed by atoms with Gasteiger partial charge in [0.2, 0.25) is 11.8 Å². The third-order valence-electron chi connectivity index (χ3n) is 4.94. The van der Waals surface area contributed by atoms with E-state index in [0.717, 1.165) is 45.3 Å². The lowest BCUT2D eigenvalue weighted by atomic mass is 9.99. The van der Waals surface area contributed by atoms with E-state index in [2.05, 4.69) is 48.7 Å². The molecule has 1 unspecified atom stereocenters. The van der Waals surface area contributed by atoms with Crippen molar-refractivity contribution < 1.29 is 35.5 Å². The maximum absolute atomic E-state index is 10.5. The van der Waals surface area contributed by atoms with Gasteiger partial charge in [0, 0.05) is 24.9 Å². The van der Waals surface area contributed by atoms with Crippen molar-refractivity contribution in [3.8, 4) is 0 Å². The molecular weight excluding hydrogens is 560 g/mol. The molecule has 2 aliphatic heterocycles. The van der Waals surface area contributed by atoms with E-state index < -0.39 is 22.0 Å². The molecule has 2 atom stereocenters. The Hall–Kier alpha value is -3.43. The minimum atomic E-state index is -3.11. The molecule has 0 saturated carbocycles. The topological polar surface area (TPSA) is 222 Å². The summed E-state index contributed by atoms with van der Waals surface area (Å²) in [7, 11) is -3.11. The van der Waals surface area contributed by atoms with Gasteiger partial charge in [-0.3, -0.25) is 9.59 Å². The van der Waals surface area contributed by atoms with Crippen LogP contribution in [-0.2, 0) is 31.6 Å². The van der Waals surface area contributed by atoms with Crippen LogP contribution in [0.1, 0.15) is 36.8 Å². The fraction of sp³-hybridized carbons (Fsp3) is 0.385. The van der Waals surface area contributed by atoms with E-state index in [1.807, 2.05) is 36.4 Å². The number of rotatable bonds is 2. The van der Waals surface area contributed by atoms with Gasteiger partial charge in [0.1, 0.15) is 0 Å². The van der Waals surface area contributed by atoms with Crippen molar-refractivity contribution in [2.45, 2.75) is 39.5 Å². The molecule has 40 heavy (non-hydrogen) atoms. The second kappa shape index (κ2) is 25.8. The molecule has 0 spiro atoms. The summed E-state index contributed by atoms with van der Waals surface area (Å²) in [5.41, 5.74) is 13.5. The average molecular weight is 600 g/mol. The van der Waals surface area contributed by atoms with Gasteiger partial charge in [-0.25, -0.2) is 4.21 Å². The fourth-order valence-electron chi connectivity index (χ4n) is 3.01.